The zero-order chi connectivity index (χ0) is 12.8. The molecule has 94 valence electrons. The minimum Gasteiger partial charge on any atom is -0.265 e. The summed E-state index contributed by atoms with van der Waals surface area (Å²) >= 11 is 8.03. The van der Waals surface area contributed by atoms with Crippen LogP contribution in [0, 0.1) is 0 Å². The fourth-order valence-electron chi connectivity index (χ4n) is 1.91. The smallest absolute Gasteiger partial charge is 0.265 e. The molecule has 0 N–H and O–H groups in total. The first-order valence-electron chi connectivity index (χ1n) is 5.47. The Kier molecular flexibility index (Phi) is 2.93. The van der Waals surface area contributed by atoms with Crippen molar-refractivity contribution >= 4 is 66.1 Å². The maximum Gasteiger partial charge on any atom is 0.288 e. The van der Waals surface area contributed by atoms with Crippen molar-refractivity contribution in [3.8, 4) is 19.5 Å². The minimum absolute atomic E-state index is 0.188. The van der Waals surface area contributed by atoms with Crippen molar-refractivity contribution in [3.63, 3.8) is 0 Å². The van der Waals surface area contributed by atoms with Crippen LogP contribution in [0.3, 0.4) is 0 Å². The van der Waals surface area contributed by atoms with Gasteiger partial charge in [-0.2, -0.15) is 0 Å². The van der Waals surface area contributed by atoms with Gasteiger partial charge in [0.2, 0.25) is 0 Å². The molecular weight excluding hydrogens is 332 g/mol. The molecule has 0 fully saturated rings. The highest BCUT2D eigenvalue weighted by Crippen LogP contribution is 2.48. The summed E-state index contributed by atoms with van der Waals surface area (Å²) in [6, 6.07) is 8.38. The van der Waals surface area contributed by atoms with Gasteiger partial charge in [-0.15, -0.1) is 34.0 Å². The van der Waals surface area contributed by atoms with Crippen LogP contribution >= 0.6 is 56.7 Å². The van der Waals surface area contributed by atoms with E-state index < -0.39 is 0 Å². The molecule has 0 saturated heterocycles. The minimum atomic E-state index is 0.188. The molecular formula is C13H6OS5. The van der Waals surface area contributed by atoms with Gasteiger partial charge in [-0.25, -0.2) is 0 Å². The third kappa shape index (κ3) is 1.95. The summed E-state index contributed by atoms with van der Waals surface area (Å²) < 4.78 is 2.50. The summed E-state index contributed by atoms with van der Waals surface area (Å²) in [4.78, 5) is 16.7. The molecule has 1 nitrogen and oxygen atoms in total. The Morgan fingerprint density at radius 3 is 1.68 bits per heavy atom. The Hall–Kier alpha value is -0.790. The zero-order valence-electron chi connectivity index (χ0n) is 9.41. The van der Waals surface area contributed by atoms with Crippen LogP contribution in [0.2, 0.25) is 0 Å². The number of rotatable bonds is 2. The maximum atomic E-state index is 11.7. The Morgan fingerprint density at radius 1 is 0.737 bits per heavy atom. The van der Waals surface area contributed by atoms with Crippen LogP contribution in [0.5, 0.6) is 0 Å². The van der Waals surface area contributed by atoms with E-state index in [2.05, 4.69) is 35.0 Å². The van der Waals surface area contributed by atoms with Gasteiger partial charge in [-0.1, -0.05) is 34.8 Å². The Morgan fingerprint density at radius 2 is 1.26 bits per heavy atom. The number of thiophene rings is 3. The molecule has 0 aromatic carbocycles. The van der Waals surface area contributed by atoms with Crippen molar-refractivity contribution in [1.82, 2.24) is 0 Å². The number of hydrogen-bond donors (Lipinski definition) is 0. The molecule has 0 aliphatic heterocycles. The predicted octanol–water partition coefficient (Wildman–Crippen LogP) is 5.84. The quantitative estimate of drug-likeness (QED) is 0.448. The third-order valence-corrected chi connectivity index (χ3v) is 8.42. The van der Waals surface area contributed by atoms with Gasteiger partial charge in [0.05, 0.1) is 19.2 Å². The molecule has 0 radical (unpaired) electrons. The third-order valence-electron chi connectivity index (χ3n) is 2.68. The largest absolute Gasteiger partial charge is 0.288 e. The van der Waals surface area contributed by atoms with E-state index >= 15 is 0 Å². The molecule has 0 unspecified atom stereocenters. The van der Waals surface area contributed by atoms with E-state index in [0.717, 1.165) is 9.40 Å². The first-order chi connectivity index (χ1) is 9.33. The topological polar surface area (TPSA) is 17.1 Å². The fourth-order valence-corrected chi connectivity index (χ4v) is 7.53. The summed E-state index contributed by atoms with van der Waals surface area (Å²) in [7, 11) is 0. The average Bonchev–Trinajstić information content (AvgIpc) is 3.12. The molecule has 0 spiro atoms. The van der Waals surface area contributed by atoms with Crippen molar-refractivity contribution in [2.75, 3.05) is 0 Å². The summed E-state index contributed by atoms with van der Waals surface area (Å²) in [5, 5.41) is 4.17. The maximum absolute atomic E-state index is 11.7. The summed E-state index contributed by atoms with van der Waals surface area (Å²) in [5.74, 6) is 0. The lowest BCUT2D eigenvalue weighted by Crippen LogP contribution is -1.74. The molecule has 0 saturated carbocycles. The molecule has 0 atom stereocenters. The number of fused-ring (bicyclic) bond motifs is 1. The molecule has 6 heteroatoms. The highest BCUT2D eigenvalue weighted by Gasteiger charge is 2.18. The monoisotopic (exact) mass is 338 g/mol. The lowest BCUT2D eigenvalue weighted by atomic mass is 10.3. The van der Waals surface area contributed by atoms with E-state index in [1.165, 1.54) is 42.2 Å². The standard InChI is InChI=1S/C13H6OS5/c14-13-18-11-9(7-3-1-5-15-7)17-10(12(11)19-13)8-4-2-6-16-8/h1-6H. The second-order valence-corrected chi connectivity index (χ2v) is 8.97. The number of hydrogen-bond acceptors (Lipinski definition) is 6. The van der Waals surface area contributed by atoms with Crippen molar-refractivity contribution in [1.29, 1.82) is 0 Å². The Bertz CT molecular complexity index is 804. The molecule has 4 aromatic heterocycles. The SMILES string of the molecule is O=c1sc2c(-c3cccs3)sc(-c3cccs3)c2s1. The average molecular weight is 339 g/mol. The van der Waals surface area contributed by atoms with Crippen LogP contribution in [0.1, 0.15) is 0 Å². The summed E-state index contributed by atoms with van der Waals surface area (Å²) in [6.45, 7) is 0. The molecule has 19 heavy (non-hydrogen) atoms. The molecule has 0 aliphatic rings. The lowest BCUT2D eigenvalue weighted by molar-refractivity contribution is 2.00. The van der Waals surface area contributed by atoms with Gasteiger partial charge >= 0.3 is 0 Å². The van der Waals surface area contributed by atoms with Crippen LogP contribution in [0.15, 0.2) is 39.8 Å². The van der Waals surface area contributed by atoms with Crippen molar-refractivity contribution in [3.05, 3.63) is 43.9 Å². The second kappa shape index (κ2) is 4.64. The van der Waals surface area contributed by atoms with Gasteiger partial charge in [0, 0.05) is 9.75 Å². The molecule has 0 aliphatic carbocycles. The second-order valence-electron chi connectivity index (χ2n) is 3.83. The van der Waals surface area contributed by atoms with Gasteiger partial charge in [0.1, 0.15) is 0 Å². The van der Waals surface area contributed by atoms with Gasteiger partial charge < -0.3 is 0 Å². The van der Waals surface area contributed by atoms with Crippen molar-refractivity contribution < 1.29 is 0 Å². The molecule has 4 heterocycles. The van der Waals surface area contributed by atoms with Gasteiger partial charge in [0.25, 0.3) is 4.06 Å². The highest BCUT2D eigenvalue weighted by molar-refractivity contribution is 7.42. The van der Waals surface area contributed by atoms with E-state index in [9.17, 15) is 4.79 Å². The Balaban J connectivity index is 2.08. The van der Waals surface area contributed by atoms with Gasteiger partial charge in [-0.3, -0.25) is 4.79 Å². The van der Waals surface area contributed by atoms with E-state index in [-0.39, 0.29) is 4.06 Å². The van der Waals surface area contributed by atoms with E-state index in [0.29, 0.717) is 0 Å². The predicted molar refractivity (Wildman–Crippen MR) is 90.5 cm³/mol. The summed E-state index contributed by atoms with van der Waals surface area (Å²) in [6.07, 6.45) is 0. The summed E-state index contributed by atoms with van der Waals surface area (Å²) in [5.41, 5.74) is 0. The van der Waals surface area contributed by atoms with E-state index in [4.69, 9.17) is 0 Å². The van der Waals surface area contributed by atoms with Crippen LogP contribution in [0.25, 0.3) is 28.9 Å². The zero-order valence-corrected chi connectivity index (χ0v) is 13.5. The molecule has 0 amide bonds. The van der Waals surface area contributed by atoms with Gasteiger partial charge in [-0.05, 0) is 22.9 Å². The van der Waals surface area contributed by atoms with Crippen molar-refractivity contribution in [2.45, 2.75) is 0 Å². The fraction of sp³-hybridized carbons (Fsp3) is 0. The molecule has 4 rings (SSSR count). The molecule has 0 bridgehead atoms. The highest BCUT2D eigenvalue weighted by atomic mass is 32.2. The Labute approximate surface area is 129 Å². The first-order valence-corrected chi connectivity index (χ1v) is 9.68. The van der Waals surface area contributed by atoms with Crippen molar-refractivity contribution in [2.24, 2.45) is 0 Å². The van der Waals surface area contributed by atoms with Crippen LogP contribution in [0.4, 0.5) is 0 Å². The normalized spacial score (nSPS) is 11.4. The first kappa shape index (κ1) is 12.0. The van der Waals surface area contributed by atoms with Crippen LogP contribution in [-0.2, 0) is 0 Å². The lowest BCUT2D eigenvalue weighted by Gasteiger charge is -1.90. The van der Waals surface area contributed by atoms with E-state index in [1.54, 1.807) is 34.0 Å². The molecule has 4 aromatic rings. The van der Waals surface area contributed by atoms with E-state index in [1.807, 2.05) is 0 Å². The van der Waals surface area contributed by atoms with Crippen LogP contribution < -0.4 is 4.06 Å². The van der Waals surface area contributed by atoms with Crippen LogP contribution in [-0.4, -0.2) is 0 Å². The van der Waals surface area contributed by atoms with Gasteiger partial charge in [0.15, 0.2) is 0 Å².